The van der Waals surface area contributed by atoms with Gasteiger partial charge in [0.2, 0.25) is 5.91 Å². The Kier molecular flexibility index (Phi) is 49.6. The zero-order valence-electron chi connectivity index (χ0n) is 42.4. The van der Waals surface area contributed by atoms with E-state index in [1.54, 1.807) is 0 Å². The Bertz CT molecular complexity index is 1140. The third-order valence-electron chi connectivity index (χ3n) is 12.3. The third kappa shape index (κ3) is 46.1. The SMILES string of the molecule is CC/C=C/C/C=C/CCCCCCCC(CC(=O)NC(CO)C(O)CCCCCCCCCCCCCCCCCC)OC(=O)CCCCCC/C=C\C/C=C\C/C=C\CCCCC. The maximum absolute atomic E-state index is 13.2. The molecule has 3 atom stereocenters. The molecule has 1 amide bonds. The minimum Gasteiger partial charge on any atom is -0.462 e. The molecule has 0 spiro atoms. The zero-order chi connectivity index (χ0) is 46.7. The number of esters is 1. The molecule has 0 radical (unpaired) electrons. The smallest absolute Gasteiger partial charge is 0.306 e. The summed E-state index contributed by atoms with van der Waals surface area (Å²) in [7, 11) is 0. The highest BCUT2D eigenvalue weighted by Gasteiger charge is 2.24. The number of carbonyl (C=O) groups excluding carboxylic acids is 2. The zero-order valence-corrected chi connectivity index (χ0v) is 42.4. The summed E-state index contributed by atoms with van der Waals surface area (Å²) in [4.78, 5) is 26.2. The molecule has 6 nitrogen and oxygen atoms in total. The van der Waals surface area contributed by atoms with Crippen LogP contribution in [-0.4, -0.2) is 46.9 Å². The molecule has 372 valence electrons. The first-order valence-corrected chi connectivity index (χ1v) is 27.5. The highest BCUT2D eigenvalue weighted by atomic mass is 16.5. The summed E-state index contributed by atoms with van der Waals surface area (Å²) in [5.41, 5.74) is 0. The fourth-order valence-electron chi connectivity index (χ4n) is 8.18. The van der Waals surface area contributed by atoms with Gasteiger partial charge in [0.1, 0.15) is 6.10 Å². The van der Waals surface area contributed by atoms with Crippen LogP contribution in [0.5, 0.6) is 0 Å². The molecule has 0 aliphatic heterocycles. The van der Waals surface area contributed by atoms with E-state index in [0.717, 1.165) is 103 Å². The van der Waals surface area contributed by atoms with Crippen LogP contribution in [0, 0.1) is 0 Å². The summed E-state index contributed by atoms with van der Waals surface area (Å²) in [5, 5.41) is 23.8. The highest BCUT2D eigenvalue weighted by Crippen LogP contribution is 2.18. The number of unbranched alkanes of at least 4 members (excludes halogenated alkanes) is 27. The molecule has 0 fully saturated rings. The predicted octanol–water partition coefficient (Wildman–Crippen LogP) is 16.8. The van der Waals surface area contributed by atoms with Crippen molar-refractivity contribution in [2.45, 2.75) is 289 Å². The number of carbonyl (C=O) groups is 2. The van der Waals surface area contributed by atoms with E-state index in [9.17, 15) is 19.8 Å². The maximum Gasteiger partial charge on any atom is 0.306 e. The van der Waals surface area contributed by atoms with Crippen molar-refractivity contribution < 1.29 is 24.5 Å². The molecule has 64 heavy (non-hydrogen) atoms. The quantitative estimate of drug-likeness (QED) is 0.0321. The highest BCUT2D eigenvalue weighted by molar-refractivity contribution is 5.77. The Hall–Kier alpha value is -2.44. The lowest BCUT2D eigenvalue weighted by Crippen LogP contribution is -2.46. The summed E-state index contributed by atoms with van der Waals surface area (Å²) in [6.45, 7) is 6.36. The van der Waals surface area contributed by atoms with Crippen LogP contribution in [0.25, 0.3) is 0 Å². The summed E-state index contributed by atoms with van der Waals surface area (Å²) in [6.07, 6.45) is 64.2. The van der Waals surface area contributed by atoms with Gasteiger partial charge in [-0.3, -0.25) is 9.59 Å². The van der Waals surface area contributed by atoms with Gasteiger partial charge in [0.15, 0.2) is 0 Å². The number of aliphatic hydroxyl groups excluding tert-OH is 2. The summed E-state index contributed by atoms with van der Waals surface area (Å²) < 4.78 is 5.93. The van der Waals surface area contributed by atoms with Crippen molar-refractivity contribution in [3.63, 3.8) is 0 Å². The fraction of sp³-hybridized carbons (Fsp3) is 0.793. The number of hydrogen-bond acceptors (Lipinski definition) is 5. The van der Waals surface area contributed by atoms with Gasteiger partial charge < -0.3 is 20.3 Å². The van der Waals surface area contributed by atoms with Crippen LogP contribution in [0.3, 0.4) is 0 Å². The number of hydrogen-bond donors (Lipinski definition) is 3. The van der Waals surface area contributed by atoms with Crippen LogP contribution in [0.1, 0.15) is 271 Å². The molecule has 0 bridgehead atoms. The number of ether oxygens (including phenoxy) is 1. The van der Waals surface area contributed by atoms with Crippen LogP contribution in [-0.2, 0) is 14.3 Å². The molecule has 6 heteroatoms. The Morgan fingerprint density at radius 3 is 1.31 bits per heavy atom. The monoisotopic (exact) mass is 896 g/mol. The lowest BCUT2D eigenvalue weighted by molar-refractivity contribution is -0.151. The molecule has 0 aromatic heterocycles. The second kappa shape index (κ2) is 51.5. The topological polar surface area (TPSA) is 95.9 Å². The van der Waals surface area contributed by atoms with Crippen LogP contribution in [0.2, 0.25) is 0 Å². The van der Waals surface area contributed by atoms with E-state index in [1.165, 1.54) is 122 Å². The fourth-order valence-corrected chi connectivity index (χ4v) is 8.18. The summed E-state index contributed by atoms with van der Waals surface area (Å²) in [5.74, 6) is -0.510. The minimum atomic E-state index is -0.797. The summed E-state index contributed by atoms with van der Waals surface area (Å²) >= 11 is 0. The van der Waals surface area contributed by atoms with Gasteiger partial charge in [0, 0.05) is 6.42 Å². The van der Waals surface area contributed by atoms with E-state index < -0.39 is 18.2 Å². The van der Waals surface area contributed by atoms with Crippen molar-refractivity contribution in [2.75, 3.05) is 6.61 Å². The van der Waals surface area contributed by atoms with Crippen molar-refractivity contribution in [3.05, 3.63) is 60.8 Å². The van der Waals surface area contributed by atoms with Crippen molar-refractivity contribution in [3.8, 4) is 0 Å². The minimum absolute atomic E-state index is 0.0581. The van der Waals surface area contributed by atoms with Crippen LogP contribution in [0.4, 0.5) is 0 Å². The Morgan fingerprint density at radius 1 is 0.469 bits per heavy atom. The molecule has 0 saturated heterocycles. The van der Waals surface area contributed by atoms with Gasteiger partial charge in [-0.15, -0.1) is 0 Å². The molecule has 0 aliphatic carbocycles. The number of aliphatic hydroxyl groups is 2. The predicted molar refractivity (Wildman–Crippen MR) is 278 cm³/mol. The van der Waals surface area contributed by atoms with Crippen molar-refractivity contribution in [1.82, 2.24) is 5.32 Å². The maximum atomic E-state index is 13.2. The van der Waals surface area contributed by atoms with Gasteiger partial charge in [0.25, 0.3) is 0 Å². The molecule has 0 aromatic carbocycles. The average Bonchev–Trinajstić information content (AvgIpc) is 3.29. The van der Waals surface area contributed by atoms with E-state index >= 15 is 0 Å². The third-order valence-corrected chi connectivity index (χ3v) is 12.3. The first kappa shape index (κ1) is 61.6. The normalized spacial score (nSPS) is 13.6. The molecule has 0 rings (SSSR count). The van der Waals surface area contributed by atoms with Crippen LogP contribution >= 0.6 is 0 Å². The molecule has 0 heterocycles. The van der Waals surface area contributed by atoms with Gasteiger partial charge in [0.05, 0.1) is 25.2 Å². The average molecular weight is 896 g/mol. The molecule has 3 unspecified atom stereocenters. The largest absolute Gasteiger partial charge is 0.462 e. The number of amides is 1. The Morgan fingerprint density at radius 2 is 0.844 bits per heavy atom. The van der Waals surface area contributed by atoms with Gasteiger partial charge in [-0.2, -0.15) is 0 Å². The lowest BCUT2D eigenvalue weighted by Gasteiger charge is -2.24. The lowest BCUT2D eigenvalue weighted by atomic mass is 10.0. The van der Waals surface area contributed by atoms with Crippen LogP contribution in [0.15, 0.2) is 60.8 Å². The first-order chi connectivity index (χ1) is 31.5. The van der Waals surface area contributed by atoms with E-state index in [-0.39, 0.29) is 24.9 Å². The molecule has 0 aliphatic rings. The number of nitrogens with one attached hydrogen (secondary N) is 1. The molecular weight excluding hydrogens is 791 g/mol. The standard InChI is InChI=1S/C58H105NO5/c1-4-7-10-13-16-19-22-25-27-29-31-33-36-39-42-45-48-51-58(63)64-54(49-46-43-40-37-34-24-21-18-15-12-9-6-3)52-57(62)59-55(53-60)56(61)50-47-44-41-38-35-32-30-28-26-23-20-17-14-11-8-5-2/h9,12,16,18-19,21,25,27,31,33,54-56,60-61H,4-8,10-11,13-15,17,20,22-24,26,28-30,32,34-53H2,1-3H3,(H,59,62)/b12-9+,19-16-,21-18+,27-25-,33-31-. The number of allylic oxidation sites excluding steroid dienone is 10. The Labute approximate surface area is 397 Å². The first-order valence-electron chi connectivity index (χ1n) is 27.5. The van der Waals surface area contributed by atoms with E-state index in [1.807, 2.05) is 0 Å². The van der Waals surface area contributed by atoms with Gasteiger partial charge in [-0.1, -0.05) is 229 Å². The van der Waals surface area contributed by atoms with Crippen LogP contribution < -0.4 is 5.32 Å². The number of rotatable bonds is 49. The molecule has 3 N–H and O–H groups in total. The second-order valence-corrected chi connectivity index (χ2v) is 18.6. The van der Waals surface area contributed by atoms with Gasteiger partial charge in [-0.25, -0.2) is 0 Å². The Balaban J connectivity index is 4.55. The van der Waals surface area contributed by atoms with Crippen molar-refractivity contribution in [2.24, 2.45) is 0 Å². The summed E-state index contributed by atoms with van der Waals surface area (Å²) in [6, 6.07) is -0.712. The molecule has 0 saturated carbocycles. The van der Waals surface area contributed by atoms with Crippen molar-refractivity contribution in [1.29, 1.82) is 0 Å². The van der Waals surface area contributed by atoms with E-state index in [0.29, 0.717) is 19.3 Å². The second-order valence-electron chi connectivity index (χ2n) is 18.6. The van der Waals surface area contributed by atoms with E-state index in [4.69, 9.17) is 4.74 Å². The van der Waals surface area contributed by atoms with Gasteiger partial charge in [-0.05, 0) is 89.9 Å². The molecule has 0 aromatic rings. The van der Waals surface area contributed by atoms with Crippen molar-refractivity contribution >= 4 is 11.9 Å². The molecular formula is C58H105NO5. The van der Waals surface area contributed by atoms with E-state index in [2.05, 4.69) is 86.8 Å². The van der Waals surface area contributed by atoms with Gasteiger partial charge >= 0.3 is 5.97 Å².